The maximum Gasteiger partial charge on any atom is 0.0449 e. The maximum atomic E-state index is 3.63. The lowest BCUT2D eigenvalue weighted by Crippen LogP contribution is -2.36. The quantitative estimate of drug-likeness (QED) is 0.832. The van der Waals surface area contributed by atoms with Crippen molar-refractivity contribution >= 4 is 0 Å². The average molecular weight is 289 g/mol. The predicted octanol–water partition coefficient (Wildman–Crippen LogP) is 2.53. The first-order valence-corrected chi connectivity index (χ1v) is 8.25. The van der Waals surface area contributed by atoms with Gasteiger partial charge in [-0.1, -0.05) is 36.8 Å². The van der Waals surface area contributed by atoms with E-state index in [1.165, 1.54) is 37.2 Å². The van der Waals surface area contributed by atoms with Gasteiger partial charge in [0.1, 0.15) is 0 Å². The SMILES string of the molecule is CCNC(CN(C)CC1CCN(C)C1)c1ccc(C)cc1. The molecule has 0 bridgehead atoms. The summed E-state index contributed by atoms with van der Waals surface area (Å²) < 4.78 is 0. The molecule has 1 heterocycles. The van der Waals surface area contributed by atoms with E-state index in [1.54, 1.807) is 0 Å². The fraction of sp³-hybridized carbons (Fsp3) is 0.667. The van der Waals surface area contributed by atoms with E-state index in [1.807, 2.05) is 0 Å². The highest BCUT2D eigenvalue weighted by molar-refractivity contribution is 5.24. The van der Waals surface area contributed by atoms with E-state index in [4.69, 9.17) is 0 Å². The lowest BCUT2D eigenvalue weighted by atomic mass is 10.0. The van der Waals surface area contributed by atoms with Gasteiger partial charge in [0, 0.05) is 25.7 Å². The highest BCUT2D eigenvalue weighted by Crippen LogP contribution is 2.18. The minimum absolute atomic E-state index is 0.430. The minimum atomic E-state index is 0.430. The second-order valence-corrected chi connectivity index (χ2v) is 6.66. The highest BCUT2D eigenvalue weighted by Gasteiger charge is 2.22. The Morgan fingerprint density at radius 1 is 1.33 bits per heavy atom. The van der Waals surface area contributed by atoms with Gasteiger partial charge in [-0.05, 0) is 52.0 Å². The molecule has 0 aromatic heterocycles. The van der Waals surface area contributed by atoms with Gasteiger partial charge in [0.25, 0.3) is 0 Å². The molecular weight excluding hydrogens is 258 g/mol. The molecule has 0 saturated carbocycles. The van der Waals surface area contributed by atoms with Crippen LogP contribution in [0.1, 0.15) is 30.5 Å². The number of nitrogens with zero attached hydrogens (tertiary/aromatic N) is 2. The molecule has 1 fully saturated rings. The summed E-state index contributed by atoms with van der Waals surface area (Å²) in [4.78, 5) is 4.94. The Balaban J connectivity index is 1.90. The Morgan fingerprint density at radius 3 is 2.62 bits per heavy atom. The van der Waals surface area contributed by atoms with E-state index in [2.05, 4.69) is 67.3 Å². The summed E-state index contributed by atoms with van der Waals surface area (Å²) in [6.45, 7) is 10.1. The third kappa shape index (κ3) is 5.10. The highest BCUT2D eigenvalue weighted by atomic mass is 15.2. The fourth-order valence-corrected chi connectivity index (χ4v) is 3.34. The van der Waals surface area contributed by atoms with Crippen molar-refractivity contribution in [2.45, 2.75) is 26.3 Å². The van der Waals surface area contributed by atoms with Crippen LogP contribution in [0.4, 0.5) is 0 Å². The zero-order valence-corrected chi connectivity index (χ0v) is 14.1. The van der Waals surface area contributed by atoms with Crippen molar-refractivity contribution < 1.29 is 0 Å². The number of rotatable bonds is 7. The minimum Gasteiger partial charge on any atom is -0.309 e. The molecule has 1 aromatic carbocycles. The summed E-state index contributed by atoms with van der Waals surface area (Å²) in [5.74, 6) is 0.834. The third-order valence-electron chi connectivity index (χ3n) is 4.48. The van der Waals surface area contributed by atoms with E-state index in [0.717, 1.165) is 19.0 Å². The standard InChI is InChI=1S/C18H31N3/c1-5-19-18(17-8-6-15(2)7-9-17)14-21(4)13-16-10-11-20(3)12-16/h6-9,16,18-19H,5,10-14H2,1-4H3. The fourth-order valence-electron chi connectivity index (χ4n) is 3.34. The molecule has 1 aliphatic heterocycles. The van der Waals surface area contributed by atoms with Crippen LogP contribution in [0, 0.1) is 12.8 Å². The van der Waals surface area contributed by atoms with Crippen molar-refractivity contribution in [1.82, 2.24) is 15.1 Å². The van der Waals surface area contributed by atoms with Gasteiger partial charge in [-0.15, -0.1) is 0 Å². The molecule has 2 unspecified atom stereocenters. The van der Waals surface area contributed by atoms with E-state index in [-0.39, 0.29) is 0 Å². The van der Waals surface area contributed by atoms with Crippen molar-refractivity contribution in [3.05, 3.63) is 35.4 Å². The van der Waals surface area contributed by atoms with Crippen molar-refractivity contribution in [2.24, 2.45) is 5.92 Å². The Labute approximate surface area is 130 Å². The monoisotopic (exact) mass is 289 g/mol. The van der Waals surface area contributed by atoms with Crippen molar-refractivity contribution in [2.75, 3.05) is 46.8 Å². The molecule has 3 nitrogen and oxygen atoms in total. The van der Waals surface area contributed by atoms with Gasteiger partial charge in [-0.2, -0.15) is 0 Å². The summed E-state index contributed by atoms with van der Waals surface area (Å²) >= 11 is 0. The van der Waals surface area contributed by atoms with Gasteiger partial charge in [-0.25, -0.2) is 0 Å². The summed E-state index contributed by atoms with van der Waals surface area (Å²) in [5.41, 5.74) is 2.73. The Morgan fingerprint density at radius 2 is 2.05 bits per heavy atom. The lowest BCUT2D eigenvalue weighted by molar-refractivity contribution is 0.248. The zero-order valence-electron chi connectivity index (χ0n) is 14.1. The van der Waals surface area contributed by atoms with Crippen LogP contribution in [-0.4, -0.2) is 56.6 Å². The van der Waals surface area contributed by atoms with E-state index >= 15 is 0 Å². The number of aryl methyl sites for hydroxylation is 1. The predicted molar refractivity (Wildman–Crippen MR) is 90.7 cm³/mol. The lowest BCUT2D eigenvalue weighted by Gasteiger charge is -2.27. The molecule has 3 heteroatoms. The molecule has 1 saturated heterocycles. The van der Waals surface area contributed by atoms with E-state index < -0.39 is 0 Å². The largest absolute Gasteiger partial charge is 0.309 e. The Kier molecular flexibility index (Phi) is 6.22. The molecule has 21 heavy (non-hydrogen) atoms. The molecule has 118 valence electrons. The summed E-state index contributed by atoms with van der Waals surface area (Å²) in [5, 5.41) is 3.63. The van der Waals surface area contributed by atoms with Crippen LogP contribution in [0.15, 0.2) is 24.3 Å². The second kappa shape index (κ2) is 7.92. The Hall–Kier alpha value is -0.900. The first kappa shape index (κ1) is 16.5. The number of likely N-dealkylation sites (tertiary alicyclic amines) is 1. The van der Waals surface area contributed by atoms with E-state index in [0.29, 0.717) is 6.04 Å². The molecule has 0 radical (unpaired) electrons. The molecule has 1 N–H and O–H groups in total. The zero-order chi connectivity index (χ0) is 15.2. The Bertz CT molecular complexity index is 415. The van der Waals surface area contributed by atoms with Crippen LogP contribution in [0.2, 0.25) is 0 Å². The van der Waals surface area contributed by atoms with Crippen LogP contribution in [0.3, 0.4) is 0 Å². The van der Waals surface area contributed by atoms with Gasteiger partial charge >= 0.3 is 0 Å². The molecule has 1 aliphatic rings. The van der Waals surface area contributed by atoms with Crippen LogP contribution >= 0.6 is 0 Å². The summed E-state index contributed by atoms with van der Waals surface area (Å²) in [7, 11) is 4.49. The summed E-state index contributed by atoms with van der Waals surface area (Å²) in [6, 6.07) is 9.39. The van der Waals surface area contributed by atoms with Gasteiger partial charge in [0.2, 0.25) is 0 Å². The van der Waals surface area contributed by atoms with Gasteiger partial charge in [0.05, 0.1) is 0 Å². The van der Waals surface area contributed by atoms with E-state index in [9.17, 15) is 0 Å². The van der Waals surface area contributed by atoms with Crippen LogP contribution in [0.25, 0.3) is 0 Å². The van der Waals surface area contributed by atoms with Crippen LogP contribution in [-0.2, 0) is 0 Å². The normalized spacial score (nSPS) is 21.1. The molecule has 0 spiro atoms. The van der Waals surface area contributed by atoms with Crippen molar-refractivity contribution in [3.63, 3.8) is 0 Å². The van der Waals surface area contributed by atoms with Gasteiger partial charge in [-0.3, -0.25) is 0 Å². The topological polar surface area (TPSA) is 18.5 Å². The number of likely N-dealkylation sites (N-methyl/N-ethyl adjacent to an activating group) is 2. The molecule has 0 amide bonds. The maximum absolute atomic E-state index is 3.63. The smallest absolute Gasteiger partial charge is 0.0449 e. The number of hydrogen-bond donors (Lipinski definition) is 1. The summed E-state index contributed by atoms with van der Waals surface area (Å²) in [6.07, 6.45) is 1.34. The molecular formula is C18H31N3. The molecule has 2 rings (SSSR count). The van der Waals surface area contributed by atoms with Crippen molar-refractivity contribution in [3.8, 4) is 0 Å². The second-order valence-electron chi connectivity index (χ2n) is 6.66. The number of hydrogen-bond acceptors (Lipinski definition) is 3. The number of nitrogens with one attached hydrogen (secondary N) is 1. The van der Waals surface area contributed by atoms with Gasteiger partial charge in [0.15, 0.2) is 0 Å². The van der Waals surface area contributed by atoms with Crippen molar-refractivity contribution in [1.29, 1.82) is 0 Å². The molecule has 1 aromatic rings. The molecule has 2 atom stereocenters. The number of benzene rings is 1. The van der Waals surface area contributed by atoms with Gasteiger partial charge < -0.3 is 15.1 Å². The molecule has 0 aliphatic carbocycles. The van der Waals surface area contributed by atoms with Crippen LogP contribution in [0.5, 0.6) is 0 Å². The first-order chi connectivity index (χ1) is 10.1. The average Bonchev–Trinajstić information content (AvgIpc) is 2.84. The first-order valence-electron chi connectivity index (χ1n) is 8.25. The van der Waals surface area contributed by atoms with Crippen LogP contribution < -0.4 is 5.32 Å². The third-order valence-corrected chi connectivity index (χ3v) is 4.48.